The Balaban J connectivity index is 1.69. The Hall–Kier alpha value is -0.610. The molecule has 1 N–H and O–H groups in total. The van der Waals surface area contributed by atoms with Gasteiger partial charge in [0.15, 0.2) is 0 Å². The number of hydrogen-bond donors (Lipinski definition) is 1. The summed E-state index contributed by atoms with van der Waals surface area (Å²) < 4.78 is 5.81. The van der Waals surface area contributed by atoms with Crippen LogP contribution in [0.15, 0.2) is 24.3 Å². The average Bonchev–Trinajstić information content (AvgIpc) is 2.86. The Labute approximate surface area is 112 Å². The molecule has 98 valence electrons. The van der Waals surface area contributed by atoms with E-state index in [1.165, 1.54) is 12.8 Å². The molecule has 3 atom stereocenters. The molecule has 0 bridgehead atoms. The maximum atomic E-state index is 10.4. The molecule has 2 fully saturated rings. The molecule has 18 heavy (non-hydrogen) atoms. The van der Waals surface area contributed by atoms with Gasteiger partial charge in [-0.15, -0.1) is 0 Å². The number of aliphatic hydroxyl groups is 1. The van der Waals surface area contributed by atoms with E-state index in [0.29, 0.717) is 11.1 Å². The fourth-order valence-electron chi connectivity index (χ4n) is 2.91. The van der Waals surface area contributed by atoms with Crippen LogP contribution in [0.25, 0.3) is 0 Å². The number of nitrogens with zero attached hydrogens (tertiary/aromatic N) is 1. The fraction of sp³-hybridized carbons (Fsp3) is 0.571. The number of fused-ring (bicyclic) bond motifs is 1. The lowest BCUT2D eigenvalue weighted by molar-refractivity contribution is -0.103. The van der Waals surface area contributed by atoms with Crippen molar-refractivity contribution in [1.82, 2.24) is 4.90 Å². The topological polar surface area (TPSA) is 32.7 Å². The normalized spacial score (nSPS) is 30.1. The number of morpholine rings is 1. The predicted molar refractivity (Wildman–Crippen MR) is 70.7 cm³/mol. The van der Waals surface area contributed by atoms with Crippen LogP contribution in [-0.2, 0) is 4.74 Å². The van der Waals surface area contributed by atoms with Crippen LogP contribution in [0.1, 0.15) is 24.5 Å². The quantitative estimate of drug-likeness (QED) is 0.892. The molecule has 2 saturated heterocycles. The molecule has 0 aliphatic carbocycles. The highest BCUT2D eigenvalue weighted by Gasteiger charge is 2.35. The Bertz CT molecular complexity index is 409. The Morgan fingerprint density at radius 2 is 2.11 bits per heavy atom. The summed E-state index contributed by atoms with van der Waals surface area (Å²) in [6.07, 6.45) is 1.78. The molecule has 2 heterocycles. The maximum absolute atomic E-state index is 10.4. The molecule has 1 aromatic carbocycles. The summed E-state index contributed by atoms with van der Waals surface area (Å²) in [6.45, 7) is 2.71. The molecule has 0 radical (unpaired) electrons. The number of ether oxygens (including phenoxy) is 1. The van der Waals surface area contributed by atoms with E-state index in [2.05, 4.69) is 4.90 Å². The zero-order valence-electron chi connectivity index (χ0n) is 10.3. The largest absolute Gasteiger partial charge is 0.386 e. The van der Waals surface area contributed by atoms with Gasteiger partial charge in [-0.1, -0.05) is 23.7 Å². The molecule has 0 amide bonds. The van der Waals surface area contributed by atoms with Crippen molar-refractivity contribution >= 4 is 11.6 Å². The zero-order chi connectivity index (χ0) is 12.5. The third-order valence-corrected chi connectivity index (χ3v) is 4.23. The van der Waals surface area contributed by atoms with Gasteiger partial charge in [0.25, 0.3) is 0 Å². The number of hydrogen-bond acceptors (Lipinski definition) is 3. The molecule has 3 unspecified atom stereocenters. The average molecular weight is 268 g/mol. The van der Waals surface area contributed by atoms with Gasteiger partial charge < -0.3 is 9.84 Å². The fourth-order valence-corrected chi connectivity index (χ4v) is 3.03. The van der Waals surface area contributed by atoms with Crippen molar-refractivity contribution in [2.45, 2.75) is 31.1 Å². The molecule has 1 aromatic rings. The molecule has 4 heteroatoms. The van der Waals surface area contributed by atoms with Gasteiger partial charge in [0.2, 0.25) is 0 Å². The second kappa shape index (κ2) is 5.17. The third kappa shape index (κ3) is 2.41. The van der Waals surface area contributed by atoms with Crippen LogP contribution in [0, 0.1) is 0 Å². The van der Waals surface area contributed by atoms with Crippen molar-refractivity contribution in [2.75, 3.05) is 19.7 Å². The lowest BCUT2D eigenvalue weighted by atomic mass is 10.0. The summed E-state index contributed by atoms with van der Waals surface area (Å²) in [5, 5.41) is 11.1. The Kier molecular flexibility index (Phi) is 3.57. The molecule has 0 aromatic heterocycles. The minimum atomic E-state index is -0.566. The van der Waals surface area contributed by atoms with Gasteiger partial charge in [-0.2, -0.15) is 0 Å². The van der Waals surface area contributed by atoms with E-state index in [1.807, 2.05) is 24.3 Å². The molecular formula is C14H18ClNO2. The van der Waals surface area contributed by atoms with E-state index >= 15 is 0 Å². The van der Waals surface area contributed by atoms with Crippen molar-refractivity contribution in [3.8, 4) is 0 Å². The summed E-state index contributed by atoms with van der Waals surface area (Å²) in [5.41, 5.74) is 0.877. The van der Waals surface area contributed by atoms with E-state index in [-0.39, 0.29) is 6.10 Å². The van der Waals surface area contributed by atoms with Crippen LogP contribution >= 0.6 is 11.6 Å². The second-order valence-corrected chi connectivity index (χ2v) is 5.60. The molecule has 2 aliphatic heterocycles. The standard InChI is InChI=1S/C14H18ClNO2/c15-11-5-3-10(4-6-11)14(17)13-8-16-7-1-2-12(16)9-18-13/h3-6,12-14,17H,1-2,7-9H2. The van der Waals surface area contributed by atoms with Gasteiger partial charge in [-0.3, -0.25) is 4.90 Å². The monoisotopic (exact) mass is 267 g/mol. The summed E-state index contributed by atoms with van der Waals surface area (Å²) in [4.78, 5) is 2.44. The molecule has 0 spiro atoms. The lowest BCUT2D eigenvalue weighted by Gasteiger charge is -2.37. The number of benzene rings is 1. The number of halogens is 1. The van der Waals surface area contributed by atoms with E-state index in [4.69, 9.17) is 16.3 Å². The summed E-state index contributed by atoms with van der Waals surface area (Å²) in [5.74, 6) is 0. The van der Waals surface area contributed by atoms with Gasteiger partial charge in [0.05, 0.1) is 6.61 Å². The highest BCUT2D eigenvalue weighted by Crippen LogP contribution is 2.29. The summed E-state index contributed by atoms with van der Waals surface area (Å²) >= 11 is 5.85. The van der Waals surface area contributed by atoms with Crippen LogP contribution in [0.3, 0.4) is 0 Å². The maximum Gasteiger partial charge on any atom is 0.106 e. The van der Waals surface area contributed by atoms with Crippen molar-refractivity contribution in [1.29, 1.82) is 0 Å². The molecule has 2 aliphatic rings. The van der Waals surface area contributed by atoms with Crippen LogP contribution < -0.4 is 0 Å². The molecular weight excluding hydrogens is 250 g/mol. The minimum Gasteiger partial charge on any atom is -0.386 e. The van der Waals surface area contributed by atoms with Crippen LogP contribution in [0.2, 0.25) is 5.02 Å². The first-order valence-corrected chi connectivity index (χ1v) is 6.91. The van der Waals surface area contributed by atoms with Gasteiger partial charge in [0, 0.05) is 17.6 Å². The first-order valence-electron chi connectivity index (χ1n) is 6.53. The highest BCUT2D eigenvalue weighted by molar-refractivity contribution is 6.30. The van der Waals surface area contributed by atoms with Crippen LogP contribution in [0.4, 0.5) is 0 Å². The molecule has 3 rings (SSSR count). The lowest BCUT2D eigenvalue weighted by Crippen LogP contribution is -2.48. The Morgan fingerprint density at radius 1 is 1.33 bits per heavy atom. The SMILES string of the molecule is OC(c1ccc(Cl)cc1)C1CN2CCCC2CO1. The smallest absolute Gasteiger partial charge is 0.106 e. The Morgan fingerprint density at radius 3 is 2.89 bits per heavy atom. The van der Waals surface area contributed by atoms with Crippen LogP contribution in [-0.4, -0.2) is 41.8 Å². The van der Waals surface area contributed by atoms with E-state index in [1.54, 1.807) is 0 Å². The molecule has 3 nitrogen and oxygen atoms in total. The predicted octanol–water partition coefficient (Wildman–Crippen LogP) is 2.24. The van der Waals surface area contributed by atoms with Crippen molar-refractivity contribution in [2.24, 2.45) is 0 Å². The van der Waals surface area contributed by atoms with E-state index in [0.717, 1.165) is 25.3 Å². The van der Waals surface area contributed by atoms with Crippen molar-refractivity contribution in [3.63, 3.8) is 0 Å². The van der Waals surface area contributed by atoms with Crippen molar-refractivity contribution < 1.29 is 9.84 Å². The van der Waals surface area contributed by atoms with Gasteiger partial charge in [0.1, 0.15) is 12.2 Å². The zero-order valence-corrected chi connectivity index (χ0v) is 11.0. The summed E-state index contributed by atoms with van der Waals surface area (Å²) in [6, 6.07) is 7.92. The molecule has 0 saturated carbocycles. The third-order valence-electron chi connectivity index (χ3n) is 3.98. The number of rotatable bonds is 2. The number of aliphatic hydroxyl groups excluding tert-OH is 1. The highest BCUT2D eigenvalue weighted by atomic mass is 35.5. The first-order chi connectivity index (χ1) is 8.74. The minimum absolute atomic E-state index is 0.125. The van der Waals surface area contributed by atoms with Gasteiger partial charge >= 0.3 is 0 Å². The summed E-state index contributed by atoms with van der Waals surface area (Å²) in [7, 11) is 0. The van der Waals surface area contributed by atoms with E-state index in [9.17, 15) is 5.11 Å². The van der Waals surface area contributed by atoms with Crippen molar-refractivity contribution in [3.05, 3.63) is 34.9 Å². The van der Waals surface area contributed by atoms with Gasteiger partial charge in [-0.25, -0.2) is 0 Å². The van der Waals surface area contributed by atoms with E-state index < -0.39 is 6.10 Å². The second-order valence-electron chi connectivity index (χ2n) is 5.16. The first kappa shape index (κ1) is 12.4. The van der Waals surface area contributed by atoms with Gasteiger partial charge in [-0.05, 0) is 37.1 Å². The van der Waals surface area contributed by atoms with Crippen LogP contribution in [0.5, 0.6) is 0 Å².